The Hall–Kier alpha value is -1.42. The molecule has 0 aromatic heterocycles. The molecule has 0 aromatic carbocycles. The number of allylic oxidation sites excluding steroid dienone is 1. The van der Waals surface area contributed by atoms with Gasteiger partial charge in [-0.05, 0) is 31.3 Å². The summed E-state index contributed by atoms with van der Waals surface area (Å²) in [4.78, 5) is 23.4. The summed E-state index contributed by atoms with van der Waals surface area (Å²) in [5, 5.41) is 10.1. The van der Waals surface area contributed by atoms with E-state index in [-0.39, 0.29) is 24.1 Å². The van der Waals surface area contributed by atoms with Crippen LogP contribution in [-0.2, 0) is 14.3 Å². The van der Waals surface area contributed by atoms with E-state index in [1.165, 1.54) is 13.0 Å². The molecule has 0 spiro atoms. The monoisotopic (exact) mass is 294 g/mol. The van der Waals surface area contributed by atoms with Gasteiger partial charge in [0.05, 0.1) is 5.60 Å². The molecule has 1 saturated carbocycles. The molecule has 4 heteroatoms. The number of hydrogen-bond acceptors (Lipinski definition) is 4. The molecule has 1 fully saturated rings. The lowest BCUT2D eigenvalue weighted by Crippen LogP contribution is -2.47. The van der Waals surface area contributed by atoms with Crippen LogP contribution >= 0.6 is 0 Å². The van der Waals surface area contributed by atoms with E-state index in [1.54, 1.807) is 6.92 Å². The zero-order chi connectivity index (χ0) is 16.4. The second-order valence-electron chi connectivity index (χ2n) is 6.72. The topological polar surface area (TPSA) is 63.6 Å². The Balaban J connectivity index is 2.96. The second-order valence-corrected chi connectivity index (χ2v) is 6.72. The van der Waals surface area contributed by atoms with Crippen molar-refractivity contribution >= 4 is 11.8 Å². The van der Waals surface area contributed by atoms with Crippen molar-refractivity contribution in [3.8, 4) is 0 Å². The summed E-state index contributed by atoms with van der Waals surface area (Å²) in [5.41, 5.74) is -0.815. The van der Waals surface area contributed by atoms with Gasteiger partial charge in [0, 0.05) is 18.8 Å². The summed E-state index contributed by atoms with van der Waals surface area (Å²) >= 11 is 0. The summed E-state index contributed by atoms with van der Waals surface area (Å²) in [7, 11) is 0. The van der Waals surface area contributed by atoms with E-state index in [9.17, 15) is 14.7 Å². The number of ether oxygens (including phenoxy) is 1. The molecular formula is C17H26O4. The molecule has 1 aliphatic rings. The predicted octanol–water partition coefficient (Wildman–Crippen LogP) is 2.81. The highest BCUT2D eigenvalue weighted by Crippen LogP contribution is 2.46. The van der Waals surface area contributed by atoms with Crippen LogP contribution in [0.25, 0.3) is 0 Å². The van der Waals surface area contributed by atoms with Gasteiger partial charge in [-0.15, -0.1) is 6.58 Å². The Bertz CT molecular complexity index is 459. The molecule has 1 aliphatic carbocycles. The molecular weight excluding hydrogens is 268 g/mol. The molecule has 3 unspecified atom stereocenters. The zero-order valence-corrected chi connectivity index (χ0v) is 13.4. The highest BCUT2D eigenvalue weighted by molar-refractivity contribution is 5.97. The van der Waals surface area contributed by atoms with Gasteiger partial charge in [-0.25, -0.2) is 0 Å². The van der Waals surface area contributed by atoms with Crippen molar-refractivity contribution in [1.82, 2.24) is 0 Å². The van der Waals surface area contributed by atoms with Gasteiger partial charge in [0.2, 0.25) is 0 Å². The average Bonchev–Trinajstić information content (AvgIpc) is 2.35. The molecule has 21 heavy (non-hydrogen) atoms. The Labute approximate surface area is 126 Å². The third-order valence-electron chi connectivity index (χ3n) is 4.56. The van der Waals surface area contributed by atoms with Crippen LogP contribution in [-0.4, -0.2) is 28.6 Å². The highest BCUT2D eigenvalue weighted by atomic mass is 16.5. The predicted molar refractivity (Wildman–Crippen MR) is 81.6 cm³/mol. The maximum atomic E-state index is 12.1. The first kappa shape index (κ1) is 17.6. The number of hydrogen-bond donors (Lipinski definition) is 1. The molecule has 118 valence electrons. The standard InChI is InChI=1S/C17H26O4/c1-7-17(6,20)9-8-13-11(2)14(19)10-15(16(13,4)5)21-12(3)18/h7,13,15,20H,1-2,8-10H2,3-6H3. The number of carbonyl (C=O) groups is 2. The largest absolute Gasteiger partial charge is 0.461 e. The van der Waals surface area contributed by atoms with Crippen LogP contribution in [0.5, 0.6) is 0 Å². The molecule has 0 aromatic rings. The van der Waals surface area contributed by atoms with Gasteiger partial charge in [-0.1, -0.05) is 26.5 Å². The lowest BCUT2D eigenvalue weighted by atomic mass is 9.62. The van der Waals surface area contributed by atoms with Crippen LogP contribution < -0.4 is 0 Å². The van der Waals surface area contributed by atoms with Gasteiger partial charge < -0.3 is 9.84 Å². The maximum Gasteiger partial charge on any atom is 0.302 e. The average molecular weight is 294 g/mol. The fourth-order valence-corrected chi connectivity index (χ4v) is 2.91. The molecule has 0 saturated heterocycles. The number of esters is 1. The van der Waals surface area contributed by atoms with E-state index in [1.807, 2.05) is 13.8 Å². The van der Waals surface area contributed by atoms with Crippen molar-refractivity contribution in [1.29, 1.82) is 0 Å². The van der Waals surface area contributed by atoms with Gasteiger partial charge in [0.1, 0.15) is 6.10 Å². The minimum absolute atomic E-state index is 0.0659. The molecule has 4 nitrogen and oxygen atoms in total. The van der Waals surface area contributed by atoms with Gasteiger partial charge in [0.15, 0.2) is 5.78 Å². The van der Waals surface area contributed by atoms with Gasteiger partial charge in [-0.3, -0.25) is 9.59 Å². The summed E-state index contributed by atoms with van der Waals surface area (Å²) in [6.07, 6.45) is 2.29. The summed E-state index contributed by atoms with van der Waals surface area (Å²) < 4.78 is 5.33. The molecule has 3 atom stereocenters. The summed E-state index contributed by atoms with van der Waals surface area (Å²) in [5.74, 6) is -0.580. The molecule has 0 amide bonds. The maximum absolute atomic E-state index is 12.1. The van der Waals surface area contributed by atoms with Crippen LogP contribution in [0, 0.1) is 11.3 Å². The van der Waals surface area contributed by atoms with Crippen molar-refractivity contribution in [2.75, 3.05) is 0 Å². The van der Waals surface area contributed by atoms with Crippen molar-refractivity contribution in [3.63, 3.8) is 0 Å². The van der Waals surface area contributed by atoms with Crippen molar-refractivity contribution < 1.29 is 19.4 Å². The lowest BCUT2D eigenvalue weighted by molar-refractivity contribution is -0.158. The zero-order valence-electron chi connectivity index (χ0n) is 13.4. The SMILES string of the molecule is C=CC(C)(O)CCC1C(=C)C(=O)CC(OC(C)=O)C1(C)C. The van der Waals surface area contributed by atoms with Crippen molar-refractivity contribution in [2.45, 2.75) is 58.7 Å². The Morgan fingerprint density at radius 2 is 2.14 bits per heavy atom. The number of ketones is 1. The van der Waals surface area contributed by atoms with E-state index in [0.29, 0.717) is 18.4 Å². The van der Waals surface area contributed by atoms with Gasteiger partial charge in [-0.2, -0.15) is 0 Å². The van der Waals surface area contributed by atoms with Crippen LogP contribution in [0.1, 0.15) is 47.0 Å². The van der Waals surface area contributed by atoms with E-state index in [4.69, 9.17) is 4.74 Å². The normalized spacial score (nSPS) is 27.9. The third kappa shape index (κ3) is 4.03. The molecule has 0 aliphatic heterocycles. The first-order valence-corrected chi connectivity index (χ1v) is 7.26. The quantitative estimate of drug-likeness (QED) is 0.481. The molecule has 0 radical (unpaired) electrons. The number of rotatable bonds is 5. The molecule has 0 heterocycles. The van der Waals surface area contributed by atoms with Crippen LogP contribution in [0.2, 0.25) is 0 Å². The Kier molecular flexibility index (Phi) is 5.16. The molecule has 1 N–H and O–H groups in total. The fraction of sp³-hybridized carbons (Fsp3) is 0.647. The van der Waals surface area contributed by atoms with E-state index < -0.39 is 17.1 Å². The third-order valence-corrected chi connectivity index (χ3v) is 4.56. The fourth-order valence-electron chi connectivity index (χ4n) is 2.91. The van der Waals surface area contributed by atoms with E-state index >= 15 is 0 Å². The second kappa shape index (κ2) is 6.14. The minimum atomic E-state index is -0.978. The summed E-state index contributed by atoms with van der Waals surface area (Å²) in [6.45, 7) is 14.5. The molecule has 0 bridgehead atoms. The first-order valence-electron chi connectivity index (χ1n) is 7.26. The van der Waals surface area contributed by atoms with Gasteiger partial charge in [0.25, 0.3) is 0 Å². The van der Waals surface area contributed by atoms with Crippen molar-refractivity contribution in [2.24, 2.45) is 11.3 Å². The van der Waals surface area contributed by atoms with Crippen molar-refractivity contribution in [3.05, 3.63) is 24.8 Å². The van der Waals surface area contributed by atoms with E-state index in [0.717, 1.165) is 0 Å². The minimum Gasteiger partial charge on any atom is -0.461 e. The summed E-state index contributed by atoms with van der Waals surface area (Å²) in [6, 6.07) is 0. The Morgan fingerprint density at radius 3 is 2.62 bits per heavy atom. The number of aliphatic hydroxyl groups is 1. The molecule has 1 rings (SSSR count). The first-order chi connectivity index (χ1) is 9.51. The highest BCUT2D eigenvalue weighted by Gasteiger charge is 2.47. The van der Waals surface area contributed by atoms with Gasteiger partial charge >= 0.3 is 5.97 Å². The van der Waals surface area contributed by atoms with Crippen LogP contribution in [0.3, 0.4) is 0 Å². The number of carbonyl (C=O) groups excluding carboxylic acids is 2. The van der Waals surface area contributed by atoms with Crippen LogP contribution in [0.15, 0.2) is 24.8 Å². The van der Waals surface area contributed by atoms with Crippen LogP contribution in [0.4, 0.5) is 0 Å². The Morgan fingerprint density at radius 1 is 1.57 bits per heavy atom. The number of Topliss-reactive ketones (excluding diaryl/α,β-unsaturated/α-hetero) is 1. The lowest BCUT2D eigenvalue weighted by Gasteiger charge is -2.45. The smallest absolute Gasteiger partial charge is 0.302 e. The van der Waals surface area contributed by atoms with E-state index in [2.05, 4.69) is 13.2 Å².